The van der Waals surface area contributed by atoms with Crippen molar-refractivity contribution in [2.75, 3.05) is 0 Å². The fourth-order valence-electron chi connectivity index (χ4n) is 9.35. The van der Waals surface area contributed by atoms with Crippen molar-refractivity contribution in [2.45, 2.75) is 148 Å². The molecule has 0 aromatic heterocycles. The minimum Gasteiger partial charge on any atom is -0.744 e. The molecule has 2 aromatic carbocycles. The van der Waals surface area contributed by atoms with Crippen LogP contribution in [0.15, 0.2) is 17.0 Å². The van der Waals surface area contributed by atoms with E-state index in [4.69, 9.17) is 9.47 Å². The molecule has 3 saturated carbocycles. The summed E-state index contributed by atoms with van der Waals surface area (Å²) >= 11 is 1.40. The molecule has 7 nitrogen and oxygen atoms in total. The molecule has 0 amide bonds. The fraction of sp³-hybridized carbons (Fsp3) is 0.632. The first-order valence-corrected chi connectivity index (χ1v) is 20.8. The standard InChI is InChI=1S/C38H44F4O7S2/c39-31-33(41)36(51(45,46)47)34(42)32(40)35(31)49-37(43)26-18-29-27(19-28(26)50-29)48-38(44)30-24(21-12-6-2-7-13-21)16-23(20-10-4-1-5-11-20)17-25(30)22-14-8-3-9-15-22/h16-17,20-22,26-29H,1-15,18-19H2,(H,45,46,47)/p-1. The van der Waals surface area contributed by atoms with Crippen LogP contribution < -0.4 is 4.74 Å². The van der Waals surface area contributed by atoms with E-state index in [-0.39, 0.29) is 24.1 Å². The number of thioether (sulfide) groups is 1. The lowest BCUT2D eigenvalue weighted by Gasteiger charge is -2.33. The summed E-state index contributed by atoms with van der Waals surface area (Å²) in [5.74, 6) is -12.6. The summed E-state index contributed by atoms with van der Waals surface area (Å²) in [4.78, 5) is 25.2. The molecular weight excluding hydrogens is 709 g/mol. The second-order valence-corrected chi connectivity index (χ2v) is 17.9. The fourth-order valence-corrected chi connectivity index (χ4v) is 11.8. The van der Waals surface area contributed by atoms with Crippen molar-refractivity contribution in [1.82, 2.24) is 0 Å². The summed E-state index contributed by atoms with van der Waals surface area (Å²) in [7, 11) is -5.90. The minimum absolute atomic E-state index is 0.138. The number of esters is 2. The van der Waals surface area contributed by atoms with E-state index in [1.165, 1.54) is 62.3 Å². The lowest BCUT2D eigenvalue weighted by atomic mass is 9.73. The molecule has 2 heterocycles. The van der Waals surface area contributed by atoms with Gasteiger partial charge in [0.05, 0.1) is 11.5 Å². The third-order valence-electron chi connectivity index (χ3n) is 12.0. The molecule has 7 rings (SSSR count). The Balaban J connectivity index is 1.12. The van der Waals surface area contributed by atoms with Gasteiger partial charge in [0.25, 0.3) is 0 Å². The number of hydrogen-bond acceptors (Lipinski definition) is 8. The number of benzene rings is 2. The highest BCUT2D eigenvalue weighted by atomic mass is 32.2. The van der Waals surface area contributed by atoms with Gasteiger partial charge in [-0.05, 0) is 85.8 Å². The molecule has 4 unspecified atom stereocenters. The lowest BCUT2D eigenvalue weighted by Crippen LogP contribution is -2.37. The van der Waals surface area contributed by atoms with Gasteiger partial charge in [0, 0.05) is 10.5 Å². The molecule has 2 bridgehead atoms. The van der Waals surface area contributed by atoms with E-state index in [1.54, 1.807) is 0 Å². The highest BCUT2D eigenvalue weighted by Gasteiger charge is 2.52. The van der Waals surface area contributed by atoms with E-state index < -0.39 is 67.3 Å². The van der Waals surface area contributed by atoms with Crippen LogP contribution in [0, 0.1) is 29.2 Å². The van der Waals surface area contributed by atoms with E-state index >= 15 is 0 Å². The van der Waals surface area contributed by atoms with Crippen LogP contribution in [0.4, 0.5) is 17.6 Å². The maximum absolute atomic E-state index is 14.6. The third-order valence-corrected chi connectivity index (χ3v) is 14.5. The Morgan fingerprint density at radius 3 is 1.63 bits per heavy atom. The van der Waals surface area contributed by atoms with Crippen LogP contribution in [0.1, 0.15) is 154 Å². The van der Waals surface area contributed by atoms with Crippen molar-refractivity contribution in [1.29, 1.82) is 0 Å². The molecular formula is C38H43F4O7S2-. The third kappa shape index (κ3) is 7.32. The number of rotatable bonds is 8. The first-order chi connectivity index (χ1) is 24.4. The summed E-state index contributed by atoms with van der Waals surface area (Å²) in [5.41, 5.74) is 4.33. The molecule has 5 aliphatic rings. The number of fused-ring (bicyclic) bond motifs is 2. The minimum atomic E-state index is -5.90. The molecule has 2 aromatic rings. The molecule has 13 heteroatoms. The Hall–Kier alpha value is -2.64. The predicted octanol–water partition coefficient (Wildman–Crippen LogP) is 9.32. The second-order valence-electron chi connectivity index (χ2n) is 15.1. The van der Waals surface area contributed by atoms with Crippen LogP contribution in [-0.2, 0) is 19.6 Å². The van der Waals surface area contributed by atoms with Crippen LogP contribution in [0.2, 0.25) is 0 Å². The Morgan fingerprint density at radius 1 is 0.686 bits per heavy atom. The van der Waals surface area contributed by atoms with E-state index in [9.17, 15) is 40.1 Å². The van der Waals surface area contributed by atoms with Gasteiger partial charge in [0.15, 0.2) is 11.6 Å². The molecule has 278 valence electrons. The quantitative estimate of drug-likeness (QED) is 0.0864. The summed E-state index contributed by atoms with van der Waals surface area (Å²) in [6.07, 6.45) is 17.0. The van der Waals surface area contributed by atoms with Gasteiger partial charge in [0.1, 0.15) is 21.1 Å². The van der Waals surface area contributed by atoms with Crippen LogP contribution in [0.3, 0.4) is 0 Å². The average Bonchev–Trinajstić information content (AvgIpc) is 3.74. The number of carbonyl (C=O) groups excluding carboxylic acids is 2. The molecule has 51 heavy (non-hydrogen) atoms. The van der Waals surface area contributed by atoms with Crippen molar-refractivity contribution in [3.05, 3.63) is 57.7 Å². The van der Waals surface area contributed by atoms with E-state index in [0.29, 0.717) is 17.8 Å². The number of halogens is 4. The van der Waals surface area contributed by atoms with Crippen molar-refractivity contribution in [2.24, 2.45) is 5.92 Å². The Kier molecular flexibility index (Phi) is 10.8. The maximum atomic E-state index is 14.6. The van der Waals surface area contributed by atoms with E-state index in [2.05, 4.69) is 12.1 Å². The zero-order valence-corrected chi connectivity index (χ0v) is 30.0. The molecule has 2 aliphatic heterocycles. The number of carbonyl (C=O) groups is 2. The highest BCUT2D eigenvalue weighted by molar-refractivity contribution is 8.01. The highest BCUT2D eigenvalue weighted by Crippen LogP contribution is 2.52. The SMILES string of the molecule is O=C(OC1CC2SC1CC2C(=O)Oc1c(F)c(F)c(S(=O)(=O)[O-])c(F)c1F)c1c(C2CCCCC2)cc(C2CCCCC2)cc1C1CCCCC1. The number of ether oxygens (including phenoxy) is 2. The van der Waals surface area contributed by atoms with Gasteiger partial charge >= 0.3 is 11.9 Å². The smallest absolute Gasteiger partial charge is 0.339 e. The van der Waals surface area contributed by atoms with Crippen molar-refractivity contribution >= 4 is 33.8 Å². The summed E-state index contributed by atoms with van der Waals surface area (Å²) in [6, 6.07) is 4.64. The summed E-state index contributed by atoms with van der Waals surface area (Å²) in [5, 5.41) is -0.767. The second kappa shape index (κ2) is 15.0. The molecule has 4 atom stereocenters. The lowest BCUT2D eigenvalue weighted by molar-refractivity contribution is -0.140. The monoisotopic (exact) mass is 751 g/mol. The topological polar surface area (TPSA) is 110 Å². The molecule has 0 radical (unpaired) electrons. The molecule has 0 spiro atoms. The van der Waals surface area contributed by atoms with Crippen LogP contribution in [-0.4, -0.2) is 41.5 Å². The van der Waals surface area contributed by atoms with Crippen molar-refractivity contribution < 1.29 is 49.6 Å². The summed E-state index contributed by atoms with van der Waals surface area (Å²) < 4.78 is 102. The maximum Gasteiger partial charge on any atom is 0.339 e. The van der Waals surface area contributed by atoms with Gasteiger partial charge in [0.2, 0.25) is 17.4 Å². The van der Waals surface area contributed by atoms with Gasteiger partial charge in [-0.1, -0.05) is 69.9 Å². The Bertz CT molecular complexity index is 1710. The first-order valence-electron chi connectivity index (χ1n) is 18.5. The first kappa shape index (κ1) is 36.7. The Labute approximate surface area is 300 Å². The molecule has 2 saturated heterocycles. The molecule has 3 aliphatic carbocycles. The normalized spacial score (nSPS) is 26.4. The number of hydrogen-bond donors (Lipinski definition) is 0. The van der Waals surface area contributed by atoms with E-state index in [0.717, 1.165) is 68.1 Å². The largest absolute Gasteiger partial charge is 0.744 e. The predicted molar refractivity (Wildman–Crippen MR) is 181 cm³/mol. The van der Waals surface area contributed by atoms with Crippen LogP contribution in [0.5, 0.6) is 5.75 Å². The Morgan fingerprint density at radius 2 is 1.18 bits per heavy atom. The van der Waals surface area contributed by atoms with E-state index in [1.807, 2.05) is 0 Å². The molecule has 0 N–H and O–H groups in total. The van der Waals surface area contributed by atoms with Crippen molar-refractivity contribution in [3.8, 4) is 5.75 Å². The average molecular weight is 752 g/mol. The van der Waals surface area contributed by atoms with Crippen molar-refractivity contribution in [3.63, 3.8) is 0 Å². The summed E-state index contributed by atoms with van der Waals surface area (Å²) in [6.45, 7) is 0. The van der Waals surface area contributed by atoms with Gasteiger partial charge in [-0.2, -0.15) is 20.5 Å². The van der Waals surface area contributed by atoms with Crippen LogP contribution in [0.25, 0.3) is 0 Å². The van der Waals surface area contributed by atoms with Crippen LogP contribution >= 0.6 is 11.8 Å². The molecule has 5 fully saturated rings. The zero-order chi connectivity index (χ0) is 36.0. The van der Waals surface area contributed by atoms with Gasteiger partial charge < -0.3 is 14.0 Å². The zero-order valence-electron chi connectivity index (χ0n) is 28.4. The van der Waals surface area contributed by atoms with Gasteiger partial charge in [-0.25, -0.2) is 22.0 Å². The van der Waals surface area contributed by atoms with Gasteiger partial charge in [-0.3, -0.25) is 4.79 Å². The van der Waals surface area contributed by atoms with Gasteiger partial charge in [-0.15, -0.1) is 0 Å².